The van der Waals surface area contributed by atoms with Crippen molar-refractivity contribution >= 4 is 23.7 Å². The third-order valence-corrected chi connectivity index (χ3v) is 6.87. The van der Waals surface area contributed by atoms with Gasteiger partial charge in [0.1, 0.15) is 18.4 Å². The van der Waals surface area contributed by atoms with Gasteiger partial charge in [-0.05, 0) is 30.2 Å². The summed E-state index contributed by atoms with van der Waals surface area (Å²) in [5.41, 5.74) is 2.65. The molecule has 0 saturated carbocycles. The molecule has 2 heterocycles. The molecule has 9 heteroatoms. The number of carbonyl (C=O) groups is 4. The summed E-state index contributed by atoms with van der Waals surface area (Å²) < 4.78 is 11.0. The lowest BCUT2D eigenvalue weighted by atomic mass is 9.96. The number of nitrogens with zero attached hydrogens (tertiary/aromatic N) is 2. The van der Waals surface area contributed by atoms with E-state index in [1.54, 1.807) is 24.3 Å². The van der Waals surface area contributed by atoms with Crippen molar-refractivity contribution in [2.45, 2.75) is 38.2 Å². The molecule has 1 N–H and O–H groups in total. The van der Waals surface area contributed by atoms with Crippen LogP contribution in [0.3, 0.4) is 0 Å². The molecule has 2 aliphatic heterocycles. The Bertz CT molecular complexity index is 1350. The second kappa shape index (κ2) is 11.4. The number of amides is 3. The Morgan fingerprint density at radius 2 is 1.56 bits per heavy atom. The molecule has 5 rings (SSSR count). The highest BCUT2D eigenvalue weighted by Crippen LogP contribution is 2.34. The smallest absolute Gasteiger partial charge is 0.350 e. The van der Waals surface area contributed by atoms with Gasteiger partial charge in [0, 0.05) is 6.54 Å². The van der Waals surface area contributed by atoms with E-state index in [0.29, 0.717) is 5.75 Å². The minimum Gasteiger partial charge on any atom is -0.484 e. The molecule has 3 aromatic carbocycles. The number of rotatable bonds is 9. The van der Waals surface area contributed by atoms with Crippen molar-refractivity contribution in [2.75, 3.05) is 13.2 Å². The lowest BCUT2D eigenvalue weighted by molar-refractivity contribution is -0.170. The summed E-state index contributed by atoms with van der Waals surface area (Å²) in [5.74, 6) is -1.38. The summed E-state index contributed by atoms with van der Waals surface area (Å²) in [5, 5.41) is 2.70. The van der Waals surface area contributed by atoms with Crippen molar-refractivity contribution in [3.8, 4) is 5.75 Å². The van der Waals surface area contributed by atoms with E-state index in [1.807, 2.05) is 67.6 Å². The Labute approximate surface area is 226 Å². The molecule has 39 heavy (non-hydrogen) atoms. The molecule has 2 aliphatic rings. The van der Waals surface area contributed by atoms with Gasteiger partial charge in [-0.1, -0.05) is 78.4 Å². The molecule has 3 atom stereocenters. The number of esters is 1. The molecule has 0 radical (unpaired) electrons. The highest BCUT2D eigenvalue weighted by molar-refractivity contribution is 5.99. The number of ether oxygens (including phenoxy) is 2. The summed E-state index contributed by atoms with van der Waals surface area (Å²) in [6.45, 7) is 1.81. The van der Waals surface area contributed by atoms with Crippen LogP contribution in [0.1, 0.15) is 16.7 Å². The van der Waals surface area contributed by atoms with Crippen molar-refractivity contribution in [1.82, 2.24) is 15.1 Å². The van der Waals surface area contributed by atoms with Gasteiger partial charge in [-0.3, -0.25) is 14.4 Å². The number of para-hydroxylation sites is 1. The number of benzene rings is 3. The average Bonchev–Trinajstić information content (AvgIpc) is 3.32. The highest BCUT2D eigenvalue weighted by atomic mass is 16.5. The van der Waals surface area contributed by atoms with Gasteiger partial charge in [0.25, 0.3) is 5.91 Å². The van der Waals surface area contributed by atoms with Crippen LogP contribution >= 0.6 is 0 Å². The van der Waals surface area contributed by atoms with Crippen molar-refractivity contribution in [1.29, 1.82) is 0 Å². The molecule has 2 unspecified atom stereocenters. The first-order valence-corrected chi connectivity index (χ1v) is 12.8. The molecule has 0 aromatic heterocycles. The minimum atomic E-state index is -1.20. The maximum absolute atomic E-state index is 13.4. The van der Waals surface area contributed by atoms with E-state index >= 15 is 0 Å². The molecule has 0 aliphatic carbocycles. The molecular weight excluding hydrogens is 498 g/mol. The third kappa shape index (κ3) is 5.77. The molecule has 3 aromatic rings. The quantitative estimate of drug-likeness (QED) is 0.338. The maximum atomic E-state index is 13.4. The number of aryl methyl sites for hydroxylation is 1. The van der Waals surface area contributed by atoms with E-state index in [9.17, 15) is 19.2 Å². The molecule has 2 fully saturated rings. The Morgan fingerprint density at radius 3 is 2.26 bits per heavy atom. The van der Waals surface area contributed by atoms with Crippen molar-refractivity contribution in [2.24, 2.45) is 0 Å². The first-order chi connectivity index (χ1) is 18.9. The predicted octanol–water partition coefficient (Wildman–Crippen LogP) is 2.22. The Balaban J connectivity index is 1.28. The van der Waals surface area contributed by atoms with Gasteiger partial charge in [-0.2, -0.15) is 0 Å². The fourth-order valence-electron chi connectivity index (χ4n) is 4.82. The zero-order valence-electron chi connectivity index (χ0n) is 21.5. The van der Waals surface area contributed by atoms with E-state index < -0.39 is 36.0 Å². The Hall–Kier alpha value is -4.66. The third-order valence-electron chi connectivity index (χ3n) is 6.87. The van der Waals surface area contributed by atoms with E-state index in [-0.39, 0.29) is 32.1 Å². The molecular formula is C30H29N3O6. The van der Waals surface area contributed by atoms with Gasteiger partial charge in [0.2, 0.25) is 18.0 Å². The minimum absolute atomic E-state index is 0.0137. The van der Waals surface area contributed by atoms with E-state index in [2.05, 4.69) is 5.32 Å². The van der Waals surface area contributed by atoms with Crippen LogP contribution in [0.4, 0.5) is 0 Å². The number of carbonyl (C=O) groups excluding carboxylic acids is 4. The topological polar surface area (TPSA) is 105 Å². The second-order valence-corrected chi connectivity index (χ2v) is 9.64. The van der Waals surface area contributed by atoms with Gasteiger partial charge < -0.3 is 24.6 Å². The number of fused-ring (bicyclic) bond motifs is 1. The van der Waals surface area contributed by atoms with Gasteiger partial charge in [-0.25, -0.2) is 4.79 Å². The number of nitrogens with one attached hydrogen (secondary N) is 1. The first-order valence-electron chi connectivity index (χ1n) is 12.8. The summed E-state index contributed by atoms with van der Waals surface area (Å²) in [4.78, 5) is 55.0. The van der Waals surface area contributed by atoms with Crippen LogP contribution in [-0.2, 0) is 36.9 Å². The van der Waals surface area contributed by atoms with Crippen LogP contribution in [0.2, 0.25) is 0 Å². The summed E-state index contributed by atoms with van der Waals surface area (Å²) >= 11 is 0. The van der Waals surface area contributed by atoms with Gasteiger partial charge in [0.05, 0.1) is 12.5 Å². The number of β-lactam (4-membered cyclic amide) rings is 1. The fraction of sp³-hybridized carbons (Fsp3) is 0.267. The monoisotopic (exact) mass is 527 g/mol. The fourth-order valence-corrected chi connectivity index (χ4v) is 4.82. The summed E-state index contributed by atoms with van der Waals surface area (Å²) in [6, 6.07) is 24.2. The number of hydrogen-bond donors (Lipinski definition) is 1. The van der Waals surface area contributed by atoms with Crippen LogP contribution < -0.4 is 10.1 Å². The van der Waals surface area contributed by atoms with Crippen LogP contribution in [-0.4, -0.2) is 64.9 Å². The normalized spacial score (nSPS) is 19.6. The predicted molar refractivity (Wildman–Crippen MR) is 141 cm³/mol. The SMILES string of the molecule is Cc1ccc(CC(=O)N2CC3[C@@H](NC(=O)COc4ccccc4)C(=O)N3C2C(=O)OCc2ccccc2)cc1. The van der Waals surface area contributed by atoms with Crippen molar-refractivity contribution in [3.05, 3.63) is 102 Å². The van der Waals surface area contributed by atoms with Gasteiger partial charge in [-0.15, -0.1) is 0 Å². The molecule has 200 valence electrons. The van der Waals surface area contributed by atoms with Gasteiger partial charge in [0.15, 0.2) is 6.61 Å². The standard InChI is InChI=1S/C30H29N3O6/c1-20-12-14-21(15-13-20)16-26(35)32-17-24-27(31-25(34)19-38-23-10-6-3-7-11-23)29(36)33(24)28(32)30(37)39-18-22-8-4-2-5-9-22/h2-15,24,27-28H,16-19H2,1H3,(H,31,34)/t24?,27-,28?/m1/s1. The average molecular weight is 528 g/mol. The van der Waals surface area contributed by atoms with E-state index in [1.165, 1.54) is 9.80 Å². The largest absolute Gasteiger partial charge is 0.484 e. The summed E-state index contributed by atoms with van der Waals surface area (Å²) in [6.07, 6.45) is -1.13. The number of hydrogen-bond acceptors (Lipinski definition) is 6. The molecule has 9 nitrogen and oxygen atoms in total. The first kappa shape index (κ1) is 26.0. The zero-order valence-corrected chi connectivity index (χ0v) is 21.5. The summed E-state index contributed by atoms with van der Waals surface area (Å²) in [7, 11) is 0. The lowest BCUT2D eigenvalue weighted by Gasteiger charge is -2.43. The molecule has 0 bridgehead atoms. The van der Waals surface area contributed by atoms with E-state index in [0.717, 1.165) is 16.7 Å². The Kier molecular flexibility index (Phi) is 7.58. The zero-order chi connectivity index (χ0) is 27.4. The highest BCUT2D eigenvalue weighted by Gasteiger charge is 2.61. The maximum Gasteiger partial charge on any atom is 0.350 e. The molecule has 3 amide bonds. The second-order valence-electron chi connectivity index (χ2n) is 9.64. The van der Waals surface area contributed by atoms with Gasteiger partial charge >= 0.3 is 5.97 Å². The molecule has 2 saturated heterocycles. The molecule has 0 spiro atoms. The van der Waals surface area contributed by atoms with Crippen molar-refractivity contribution < 1.29 is 28.7 Å². The van der Waals surface area contributed by atoms with Crippen molar-refractivity contribution in [3.63, 3.8) is 0 Å². The van der Waals surface area contributed by atoms with E-state index in [4.69, 9.17) is 9.47 Å². The van der Waals surface area contributed by atoms with Crippen LogP contribution in [0, 0.1) is 6.92 Å². The Morgan fingerprint density at radius 1 is 0.897 bits per heavy atom. The lowest BCUT2D eigenvalue weighted by Crippen LogP contribution is -2.71. The van der Waals surface area contributed by atoms with Crippen LogP contribution in [0.5, 0.6) is 5.75 Å². The van der Waals surface area contributed by atoms with Crippen LogP contribution in [0.25, 0.3) is 0 Å². The van der Waals surface area contributed by atoms with Crippen LogP contribution in [0.15, 0.2) is 84.9 Å².